The topological polar surface area (TPSA) is 60.9 Å². The largest absolute Gasteiger partial charge is 0.338 e. The van der Waals surface area contributed by atoms with Crippen LogP contribution in [0, 0.1) is 11.8 Å². The van der Waals surface area contributed by atoms with Crippen molar-refractivity contribution in [2.75, 3.05) is 39.3 Å². The summed E-state index contributed by atoms with van der Waals surface area (Å²) in [5, 5.41) is 0. The second kappa shape index (κ2) is 10.2. The first-order valence-electron chi connectivity index (χ1n) is 12.5. The smallest absolute Gasteiger partial charge is 0.253 e. The van der Waals surface area contributed by atoms with Crippen LogP contribution in [0.2, 0.25) is 0 Å². The molecule has 0 unspecified atom stereocenters. The van der Waals surface area contributed by atoms with Crippen molar-refractivity contribution < 1.29 is 13.2 Å². The predicted molar refractivity (Wildman–Crippen MR) is 127 cm³/mol. The summed E-state index contributed by atoms with van der Waals surface area (Å²) in [4.78, 5) is 18.0. The molecule has 3 aliphatic heterocycles. The predicted octanol–water partition coefficient (Wildman–Crippen LogP) is 3.83. The molecule has 3 fully saturated rings. The van der Waals surface area contributed by atoms with E-state index in [0.29, 0.717) is 22.9 Å². The Labute approximate surface area is 194 Å². The zero-order valence-electron chi connectivity index (χ0n) is 19.7. The normalized spacial score (nSPS) is 26.9. The Kier molecular flexibility index (Phi) is 7.58. The molecule has 0 radical (unpaired) electrons. The average Bonchev–Trinajstić information content (AvgIpc) is 2.80. The van der Waals surface area contributed by atoms with Crippen LogP contribution >= 0.6 is 0 Å². The van der Waals surface area contributed by atoms with Gasteiger partial charge >= 0.3 is 0 Å². The van der Waals surface area contributed by atoms with Gasteiger partial charge in [-0.25, -0.2) is 8.42 Å². The van der Waals surface area contributed by atoms with Crippen molar-refractivity contribution >= 4 is 15.9 Å². The van der Waals surface area contributed by atoms with Crippen LogP contribution in [-0.4, -0.2) is 73.7 Å². The number of hydrogen-bond donors (Lipinski definition) is 0. The van der Waals surface area contributed by atoms with Crippen molar-refractivity contribution in [3.63, 3.8) is 0 Å². The molecule has 3 saturated heterocycles. The highest BCUT2D eigenvalue weighted by Crippen LogP contribution is 2.26. The standard InChI is InChI=1S/C25H39N3O3S/c1-20-12-16-26(17-13-20)18-22-7-5-14-27(19-22)25(29)23-8-10-24(11-9-23)32(30,31)28-15-4-3-6-21(28)2/h8-11,20-22H,3-7,12-19H2,1-2H3/t21-,22+/m0/s1. The molecule has 1 aromatic rings. The highest BCUT2D eigenvalue weighted by Gasteiger charge is 2.31. The quantitative estimate of drug-likeness (QED) is 0.669. The zero-order chi connectivity index (χ0) is 22.7. The van der Waals surface area contributed by atoms with Gasteiger partial charge in [-0.05, 0) is 94.6 Å². The fraction of sp³-hybridized carbons (Fsp3) is 0.720. The third-order valence-corrected chi connectivity index (χ3v) is 9.68. The Morgan fingerprint density at radius 1 is 0.906 bits per heavy atom. The third-order valence-electron chi connectivity index (χ3n) is 7.65. The van der Waals surface area contributed by atoms with Crippen LogP contribution in [-0.2, 0) is 10.0 Å². The van der Waals surface area contributed by atoms with Crippen LogP contribution in [0.4, 0.5) is 0 Å². The number of carbonyl (C=O) groups is 1. The van der Waals surface area contributed by atoms with Crippen LogP contribution in [0.15, 0.2) is 29.2 Å². The molecule has 0 aromatic heterocycles. The van der Waals surface area contributed by atoms with Gasteiger partial charge in [-0.15, -0.1) is 0 Å². The first kappa shape index (κ1) is 23.7. The van der Waals surface area contributed by atoms with Gasteiger partial charge in [0.25, 0.3) is 5.91 Å². The van der Waals surface area contributed by atoms with E-state index in [0.717, 1.165) is 51.2 Å². The molecule has 1 amide bonds. The summed E-state index contributed by atoms with van der Waals surface area (Å²) >= 11 is 0. The molecule has 6 nitrogen and oxygen atoms in total. The van der Waals surface area contributed by atoms with E-state index in [9.17, 15) is 13.2 Å². The number of benzene rings is 1. The van der Waals surface area contributed by atoms with E-state index in [1.165, 1.54) is 32.4 Å². The first-order valence-corrected chi connectivity index (χ1v) is 13.9. The van der Waals surface area contributed by atoms with E-state index in [-0.39, 0.29) is 11.9 Å². The van der Waals surface area contributed by atoms with E-state index in [1.54, 1.807) is 28.6 Å². The third kappa shape index (κ3) is 5.37. The van der Waals surface area contributed by atoms with Crippen LogP contribution in [0.3, 0.4) is 0 Å². The maximum Gasteiger partial charge on any atom is 0.253 e. The van der Waals surface area contributed by atoms with Crippen molar-refractivity contribution in [3.8, 4) is 0 Å². The summed E-state index contributed by atoms with van der Waals surface area (Å²) in [6.45, 7) is 9.92. The Balaban J connectivity index is 1.37. The van der Waals surface area contributed by atoms with Crippen molar-refractivity contribution in [1.82, 2.24) is 14.1 Å². The summed E-state index contributed by atoms with van der Waals surface area (Å²) in [6.07, 6.45) is 7.67. The molecule has 178 valence electrons. The van der Waals surface area contributed by atoms with Gasteiger partial charge < -0.3 is 9.80 Å². The van der Waals surface area contributed by atoms with Crippen LogP contribution < -0.4 is 0 Å². The Bertz CT molecular complexity index is 878. The van der Waals surface area contributed by atoms with E-state index in [2.05, 4.69) is 11.8 Å². The average molecular weight is 462 g/mol. The molecule has 7 heteroatoms. The molecule has 0 bridgehead atoms. The number of likely N-dealkylation sites (tertiary alicyclic amines) is 2. The Hall–Kier alpha value is -1.44. The van der Waals surface area contributed by atoms with Gasteiger partial charge in [0, 0.05) is 37.8 Å². The van der Waals surface area contributed by atoms with Gasteiger partial charge in [-0.2, -0.15) is 4.31 Å². The summed E-state index contributed by atoms with van der Waals surface area (Å²) in [6, 6.07) is 6.64. The fourth-order valence-electron chi connectivity index (χ4n) is 5.52. The van der Waals surface area contributed by atoms with E-state index in [4.69, 9.17) is 0 Å². The minimum atomic E-state index is -3.50. The number of nitrogens with zero attached hydrogens (tertiary/aromatic N) is 3. The monoisotopic (exact) mass is 461 g/mol. The van der Waals surface area contributed by atoms with E-state index < -0.39 is 10.0 Å². The maximum atomic E-state index is 13.1. The number of hydrogen-bond acceptors (Lipinski definition) is 4. The molecular formula is C25H39N3O3S. The lowest BCUT2D eigenvalue weighted by molar-refractivity contribution is 0.0622. The van der Waals surface area contributed by atoms with Gasteiger partial charge in [0.1, 0.15) is 0 Å². The second-order valence-corrected chi connectivity index (χ2v) is 12.1. The first-order chi connectivity index (χ1) is 15.3. The molecule has 4 rings (SSSR count). The number of rotatable bonds is 5. The van der Waals surface area contributed by atoms with Crippen LogP contribution in [0.5, 0.6) is 0 Å². The fourth-order valence-corrected chi connectivity index (χ4v) is 7.22. The van der Waals surface area contributed by atoms with Gasteiger partial charge in [-0.1, -0.05) is 13.3 Å². The minimum absolute atomic E-state index is 0.0252. The molecule has 0 spiro atoms. The van der Waals surface area contributed by atoms with E-state index >= 15 is 0 Å². The molecule has 0 saturated carbocycles. The zero-order valence-corrected chi connectivity index (χ0v) is 20.5. The summed E-state index contributed by atoms with van der Waals surface area (Å²) < 4.78 is 27.7. The van der Waals surface area contributed by atoms with Crippen LogP contribution in [0.1, 0.15) is 69.2 Å². The Morgan fingerprint density at radius 3 is 2.31 bits per heavy atom. The second-order valence-electron chi connectivity index (χ2n) is 10.2. The SMILES string of the molecule is CC1CCN(C[C@H]2CCCN(C(=O)c3ccc(S(=O)(=O)N4CCCC[C@@H]4C)cc3)C2)CC1. The number of amides is 1. The molecule has 0 aliphatic carbocycles. The molecule has 32 heavy (non-hydrogen) atoms. The van der Waals surface area contributed by atoms with Gasteiger partial charge in [-0.3, -0.25) is 4.79 Å². The lowest BCUT2D eigenvalue weighted by Gasteiger charge is -2.38. The minimum Gasteiger partial charge on any atom is -0.338 e. The summed E-state index contributed by atoms with van der Waals surface area (Å²) in [5.74, 6) is 1.39. The number of sulfonamides is 1. The summed E-state index contributed by atoms with van der Waals surface area (Å²) in [7, 11) is -3.50. The molecule has 1 aromatic carbocycles. The highest BCUT2D eigenvalue weighted by molar-refractivity contribution is 7.89. The van der Waals surface area contributed by atoms with Gasteiger partial charge in [0.15, 0.2) is 0 Å². The maximum absolute atomic E-state index is 13.1. The van der Waals surface area contributed by atoms with Crippen LogP contribution in [0.25, 0.3) is 0 Å². The molecule has 3 aliphatic rings. The number of carbonyl (C=O) groups excluding carboxylic acids is 1. The van der Waals surface area contributed by atoms with Gasteiger partial charge in [0.05, 0.1) is 4.90 Å². The lowest BCUT2D eigenvalue weighted by Crippen LogP contribution is -2.45. The molecule has 2 atom stereocenters. The highest BCUT2D eigenvalue weighted by atomic mass is 32.2. The van der Waals surface area contributed by atoms with Crippen molar-refractivity contribution in [2.45, 2.75) is 69.7 Å². The molecule has 3 heterocycles. The van der Waals surface area contributed by atoms with Crippen molar-refractivity contribution in [2.24, 2.45) is 11.8 Å². The number of piperidine rings is 3. The molecule has 0 N–H and O–H groups in total. The lowest BCUT2D eigenvalue weighted by atomic mass is 9.94. The summed E-state index contributed by atoms with van der Waals surface area (Å²) in [5.41, 5.74) is 0.586. The van der Waals surface area contributed by atoms with Gasteiger partial charge in [0.2, 0.25) is 10.0 Å². The van der Waals surface area contributed by atoms with Crippen molar-refractivity contribution in [3.05, 3.63) is 29.8 Å². The van der Waals surface area contributed by atoms with E-state index in [1.807, 2.05) is 11.8 Å². The molecular weight excluding hydrogens is 422 g/mol. The van der Waals surface area contributed by atoms with Crippen molar-refractivity contribution in [1.29, 1.82) is 0 Å². The Morgan fingerprint density at radius 2 is 1.62 bits per heavy atom.